The molecule has 46 heavy (non-hydrogen) atoms. The Morgan fingerprint density at radius 3 is 2.33 bits per heavy atom. The number of nitrogens with one attached hydrogen (secondary N) is 2. The van der Waals surface area contributed by atoms with Crippen molar-refractivity contribution < 1.29 is 17.9 Å². The largest absolute Gasteiger partial charge is 0.496 e. The van der Waals surface area contributed by atoms with Gasteiger partial charge in [-0.1, -0.05) is 56.7 Å². The van der Waals surface area contributed by atoms with Crippen molar-refractivity contribution in [3.05, 3.63) is 96.8 Å². The highest BCUT2D eigenvalue weighted by molar-refractivity contribution is 7.89. The van der Waals surface area contributed by atoms with E-state index in [1.807, 2.05) is 66.7 Å². The number of sulfonamides is 1. The summed E-state index contributed by atoms with van der Waals surface area (Å²) in [6, 6.07) is 25.6. The van der Waals surface area contributed by atoms with Crippen molar-refractivity contribution in [2.24, 2.45) is 0 Å². The van der Waals surface area contributed by atoms with E-state index in [1.54, 1.807) is 29.6 Å². The first-order valence-corrected chi connectivity index (χ1v) is 17.2. The summed E-state index contributed by atoms with van der Waals surface area (Å²) >= 11 is 0. The molecule has 11 heteroatoms. The van der Waals surface area contributed by atoms with Gasteiger partial charge in [0.1, 0.15) is 17.9 Å². The molecule has 2 heterocycles. The quantitative estimate of drug-likeness (QED) is 0.198. The zero-order valence-electron chi connectivity index (χ0n) is 26.9. The van der Waals surface area contributed by atoms with E-state index < -0.39 is 10.0 Å². The normalized spacial score (nSPS) is 13.4. The van der Waals surface area contributed by atoms with Crippen molar-refractivity contribution in [2.45, 2.75) is 38.0 Å². The first kappa shape index (κ1) is 34.6. The lowest BCUT2D eigenvalue weighted by Crippen LogP contribution is -2.35. The van der Waals surface area contributed by atoms with Gasteiger partial charge in [-0.15, -0.1) is 0 Å². The van der Waals surface area contributed by atoms with E-state index in [4.69, 9.17) is 4.74 Å². The number of ether oxygens (including phenoxy) is 1. The third-order valence-electron chi connectivity index (χ3n) is 7.75. The lowest BCUT2D eigenvalue weighted by Gasteiger charge is -2.26. The van der Waals surface area contributed by atoms with Crippen LogP contribution in [0.25, 0.3) is 11.3 Å². The summed E-state index contributed by atoms with van der Waals surface area (Å²) in [7, 11) is -1.87. The Bertz CT molecular complexity index is 1640. The maximum absolute atomic E-state index is 13.0. The van der Waals surface area contributed by atoms with E-state index in [9.17, 15) is 13.2 Å². The molecule has 10 nitrogen and oxygen atoms in total. The minimum Gasteiger partial charge on any atom is -0.496 e. The molecule has 1 fully saturated rings. The molecule has 1 aromatic heterocycles. The molecule has 0 aliphatic carbocycles. The molecule has 0 spiro atoms. The third-order valence-corrected chi connectivity index (χ3v) is 9.65. The van der Waals surface area contributed by atoms with Crippen molar-refractivity contribution in [3.63, 3.8) is 0 Å². The number of anilines is 2. The number of hydrogen-bond donors (Lipinski definition) is 2. The number of nitrogens with zero attached hydrogens (tertiary/aromatic N) is 4. The molecule has 1 aliphatic rings. The number of para-hydroxylation sites is 1. The van der Waals surface area contributed by atoms with Crippen LogP contribution in [0, 0.1) is 0 Å². The van der Waals surface area contributed by atoms with Gasteiger partial charge >= 0.3 is 0 Å². The van der Waals surface area contributed by atoms with Gasteiger partial charge in [0.15, 0.2) is 0 Å². The summed E-state index contributed by atoms with van der Waals surface area (Å²) in [5, 5.41) is 6.11. The summed E-state index contributed by atoms with van der Waals surface area (Å²) in [6.07, 6.45) is 4.36. The maximum atomic E-state index is 13.0. The molecule has 0 radical (unpaired) electrons. The first-order valence-electron chi connectivity index (χ1n) is 15.7. The minimum atomic E-state index is -3.49. The second-order valence-corrected chi connectivity index (χ2v) is 12.7. The van der Waals surface area contributed by atoms with Gasteiger partial charge < -0.3 is 20.3 Å². The van der Waals surface area contributed by atoms with Crippen molar-refractivity contribution in [1.82, 2.24) is 24.5 Å². The fourth-order valence-electron chi connectivity index (χ4n) is 5.12. The summed E-state index contributed by atoms with van der Waals surface area (Å²) < 4.78 is 32.9. The number of carbonyl (C=O) groups is 1. The van der Waals surface area contributed by atoms with Crippen LogP contribution < -0.4 is 15.4 Å². The predicted octanol–water partition coefficient (Wildman–Crippen LogP) is 5.83. The standard InChI is InChI=1S/C22H24N4O3S.C13H20N2O/c1-29-21-11-4-3-10-19(21)20-15-22(24-16-23-20)25-17-8-7-9-18(14-17)30(27,28)26-12-5-2-6-13-26;1-3-15(4-2)11-10-14-13(16)12-8-6-5-7-9-12/h3-4,7-11,14-16H,2,5-6,12-13H2,1H3,(H,23,24,25);5-9H,3-4,10-11H2,1-2H3,(H,14,16). The molecule has 2 N–H and O–H groups in total. The first-order chi connectivity index (χ1) is 22.3. The zero-order chi connectivity index (χ0) is 32.8. The van der Waals surface area contributed by atoms with Gasteiger partial charge in [-0.3, -0.25) is 4.79 Å². The second kappa shape index (κ2) is 17.4. The number of carbonyl (C=O) groups excluding carboxylic acids is 1. The molecule has 1 saturated heterocycles. The molecule has 5 rings (SSSR count). The van der Waals surface area contributed by atoms with Crippen LogP contribution in [-0.4, -0.2) is 79.9 Å². The number of amides is 1. The summed E-state index contributed by atoms with van der Waals surface area (Å²) in [6.45, 7) is 9.07. The van der Waals surface area contributed by atoms with Gasteiger partial charge in [0.05, 0.1) is 17.7 Å². The molecule has 1 aliphatic heterocycles. The Morgan fingerprint density at radius 1 is 0.891 bits per heavy atom. The lowest BCUT2D eigenvalue weighted by atomic mass is 10.1. The Hall–Kier alpha value is -4.32. The summed E-state index contributed by atoms with van der Waals surface area (Å²) in [4.78, 5) is 22.9. The molecule has 4 aromatic rings. The Morgan fingerprint density at radius 2 is 1.61 bits per heavy atom. The molecular weight excluding hydrogens is 600 g/mol. The van der Waals surface area contributed by atoms with Crippen LogP contribution in [0.15, 0.2) is 96.2 Å². The SMILES string of the molecule is CCN(CC)CCNC(=O)c1ccccc1.COc1ccccc1-c1cc(Nc2cccc(S(=O)(=O)N3CCCCC3)c2)ncn1. The van der Waals surface area contributed by atoms with E-state index in [1.165, 1.54) is 6.33 Å². The average molecular weight is 645 g/mol. The number of methoxy groups -OCH3 is 1. The smallest absolute Gasteiger partial charge is 0.251 e. The molecule has 3 aromatic carbocycles. The van der Waals surface area contributed by atoms with Crippen LogP contribution in [0.2, 0.25) is 0 Å². The molecule has 0 saturated carbocycles. The van der Waals surface area contributed by atoms with E-state index in [-0.39, 0.29) is 10.8 Å². The molecule has 244 valence electrons. The van der Waals surface area contributed by atoms with E-state index in [2.05, 4.69) is 39.3 Å². The topological polar surface area (TPSA) is 117 Å². The Kier molecular flexibility index (Phi) is 13.1. The number of aromatic nitrogens is 2. The second-order valence-electron chi connectivity index (χ2n) is 10.8. The molecule has 0 unspecified atom stereocenters. The van der Waals surface area contributed by atoms with Gasteiger partial charge in [-0.25, -0.2) is 18.4 Å². The number of hydrogen-bond acceptors (Lipinski definition) is 8. The van der Waals surface area contributed by atoms with E-state index in [0.29, 0.717) is 36.8 Å². The molecule has 0 atom stereocenters. The summed E-state index contributed by atoms with van der Waals surface area (Å²) in [5.74, 6) is 1.29. The zero-order valence-corrected chi connectivity index (χ0v) is 27.7. The number of rotatable bonds is 12. The highest BCUT2D eigenvalue weighted by Crippen LogP contribution is 2.30. The number of benzene rings is 3. The van der Waals surface area contributed by atoms with E-state index in [0.717, 1.165) is 55.8 Å². The number of piperidine rings is 1. The van der Waals surface area contributed by atoms with Crippen molar-refractivity contribution in [2.75, 3.05) is 51.7 Å². The summed E-state index contributed by atoms with van der Waals surface area (Å²) in [5.41, 5.74) is 2.94. The highest BCUT2D eigenvalue weighted by atomic mass is 32.2. The van der Waals surface area contributed by atoms with Gasteiger partial charge in [0.25, 0.3) is 5.91 Å². The third kappa shape index (κ3) is 9.59. The lowest BCUT2D eigenvalue weighted by molar-refractivity contribution is 0.0949. The van der Waals surface area contributed by atoms with Gasteiger partial charge in [0.2, 0.25) is 10.0 Å². The van der Waals surface area contributed by atoms with Crippen molar-refractivity contribution >= 4 is 27.4 Å². The van der Waals surface area contributed by atoms with E-state index >= 15 is 0 Å². The molecule has 1 amide bonds. The van der Waals surface area contributed by atoms with Crippen LogP contribution in [0.1, 0.15) is 43.5 Å². The van der Waals surface area contributed by atoms with Crippen LogP contribution in [0.5, 0.6) is 5.75 Å². The fourth-order valence-corrected chi connectivity index (χ4v) is 6.69. The highest BCUT2D eigenvalue weighted by Gasteiger charge is 2.26. The van der Waals surface area contributed by atoms with Gasteiger partial charge in [-0.05, 0) is 68.4 Å². The van der Waals surface area contributed by atoms with Crippen LogP contribution >= 0.6 is 0 Å². The Labute approximate surface area is 272 Å². The number of likely N-dealkylation sites (N-methyl/N-ethyl adjacent to an activating group) is 1. The maximum Gasteiger partial charge on any atom is 0.251 e. The average Bonchev–Trinajstić information content (AvgIpc) is 3.11. The van der Waals surface area contributed by atoms with Crippen molar-refractivity contribution in [3.8, 4) is 17.0 Å². The Balaban J connectivity index is 0.000000254. The predicted molar refractivity (Wildman–Crippen MR) is 183 cm³/mol. The monoisotopic (exact) mass is 644 g/mol. The van der Waals surface area contributed by atoms with Crippen LogP contribution in [0.4, 0.5) is 11.5 Å². The van der Waals surface area contributed by atoms with Gasteiger partial charge in [0, 0.05) is 49.1 Å². The van der Waals surface area contributed by atoms with Crippen molar-refractivity contribution in [1.29, 1.82) is 0 Å². The van der Waals surface area contributed by atoms with Crippen LogP contribution in [0.3, 0.4) is 0 Å². The minimum absolute atomic E-state index is 0.00718. The van der Waals surface area contributed by atoms with Crippen LogP contribution in [-0.2, 0) is 10.0 Å². The molecular formula is C35H44N6O4S. The fraction of sp³-hybridized carbons (Fsp3) is 0.343. The molecule has 0 bridgehead atoms. The van der Waals surface area contributed by atoms with Gasteiger partial charge in [-0.2, -0.15) is 4.31 Å².